The molecule has 0 aromatic heterocycles. The molecule has 1 fully saturated rings. The number of rotatable bonds is 2. The van der Waals surface area contributed by atoms with Crippen LogP contribution in [0.4, 0.5) is 0 Å². The minimum atomic E-state index is 0.0326. The topological polar surface area (TPSA) is 24.5 Å². The van der Waals surface area contributed by atoms with Gasteiger partial charge in [-0.25, -0.2) is 0 Å². The van der Waals surface area contributed by atoms with Crippen molar-refractivity contribution in [1.29, 1.82) is 0 Å². The highest BCUT2D eigenvalue weighted by atomic mass is 16.5. The number of ether oxygens (including phenoxy) is 1. The van der Waals surface area contributed by atoms with E-state index in [2.05, 4.69) is 50.2 Å². The van der Waals surface area contributed by atoms with Gasteiger partial charge in [-0.3, -0.25) is 0 Å². The highest BCUT2D eigenvalue weighted by molar-refractivity contribution is 5.48. The van der Waals surface area contributed by atoms with E-state index in [1.54, 1.807) is 0 Å². The number of fused-ring (bicyclic) bond motifs is 1. The zero-order chi connectivity index (χ0) is 15.0. The Morgan fingerprint density at radius 2 is 2.00 bits per heavy atom. The molecular formula is C18H28N2O. The van der Waals surface area contributed by atoms with E-state index < -0.39 is 0 Å². The average Bonchev–Trinajstić information content (AvgIpc) is 2.47. The predicted octanol–water partition coefficient (Wildman–Crippen LogP) is 3.20. The molecule has 1 saturated heterocycles. The monoisotopic (exact) mass is 288 g/mol. The molecule has 21 heavy (non-hydrogen) atoms. The van der Waals surface area contributed by atoms with Crippen LogP contribution in [0, 0.1) is 13.8 Å². The first-order chi connectivity index (χ1) is 10.0. The Morgan fingerprint density at radius 1 is 1.29 bits per heavy atom. The maximum Gasteiger partial charge on any atom is 0.128 e. The molecule has 1 unspecified atom stereocenters. The van der Waals surface area contributed by atoms with Crippen molar-refractivity contribution in [2.24, 2.45) is 0 Å². The number of hydrogen-bond acceptors (Lipinski definition) is 3. The van der Waals surface area contributed by atoms with Crippen molar-refractivity contribution in [2.45, 2.75) is 51.7 Å². The molecular weight excluding hydrogens is 260 g/mol. The fourth-order valence-electron chi connectivity index (χ4n) is 3.72. The molecule has 2 aliphatic rings. The van der Waals surface area contributed by atoms with Gasteiger partial charge in [-0.2, -0.15) is 0 Å². The van der Waals surface area contributed by atoms with Crippen molar-refractivity contribution in [3.63, 3.8) is 0 Å². The number of benzene rings is 1. The van der Waals surface area contributed by atoms with Crippen LogP contribution in [0.5, 0.6) is 5.75 Å². The van der Waals surface area contributed by atoms with Crippen molar-refractivity contribution in [1.82, 2.24) is 10.2 Å². The van der Waals surface area contributed by atoms with Crippen molar-refractivity contribution in [3.8, 4) is 5.75 Å². The van der Waals surface area contributed by atoms with Crippen LogP contribution in [0.25, 0.3) is 0 Å². The summed E-state index contributed by atoms with van der Waals surface area (Å²) in [5.74, 6) is 1.15. The Balaban J connectivity index is 1.97. The Kier molecular flexibility index (Phi) is 3.98. The van der Waals surface area contributed by atoms with Gasteiger partial charge in [0, 0.05) is 31.1 Å². The Labute approximate surface area is 128 Å². The fraction of sp³-hybridized carbons (Fsp3) is 0.667. The molecule has 1 atom stereocenters. The van der Waals surface area contributed by atoms with E-state index in [1.807, 2.05) is 0 Å². The van der Waals surface area contributed by atoms with Crippen molar-refractivity contribution >= 4 is 0 Å². The maximum atomic E-state index is 6.63. The third kappa shape index (κ3) is 2.69. The van der Waals surface area contributed by atoms with E-state index in [4.69, 9.17) is 4.74 Å². The predicted molar refractivity (Wildman–Crippen MR) is 87.0 cm³/mol. The second-order valence-corrected chi connectivity index (χ2v) is 6.83. The molecule has 2 heterocycles. The molecule has 1 aromatic carbocycles. The molecule has 3 heteroatoms. The molecule has 2 aliphatic heterocycles. The van der Waals surface area contributed by atoms with Gasteiger partial charge in [-0.05, 0) is 51.4 Å². The smallest absolute Gasteiger partial charge is 0.128 e. The molecule has 1 N–H and O–H groups in total. The van der Waals surface area contributed by atoms with Gasteiger partial charge in [-0.15, -0.1) is 0 Å². The van der Waals surface area contributed by atoms with Crippen LogP contribution >= 0.6 is 0 Å². The molecule has 1 spiro atoms. The van der Waals surface area contributed by atoms with Crippen molar-refractivity contribution in [2.75, 3.05) is 26.7 Å². The quantitative estimate of drug-likeness (QED) is 0.904. The Hall–Kier alpha value is -1.06. The number of aryl methyl sites for hydroxylation is 1. The molecule has 0 bridgehead atoms. The normalized spacial score (nSPS) is 24.7. The summed E-state index contributed by atoms with van der Waals surface area (Å²) in [5.41, 5.74) is 4.03. The molecule has 0 amide bonds. The first kappa shape index (κ1) is 14.9. The molecule has 0 aliphatic carbocycles. The lowest BCUT2D eigenvalue weighted by atomic mass is 9.80. The van der Waals surface area contributed by atoms with Gasteiger partial charge in [0.1, 0.15) is 11.4 Å². The number of nitrogens with zero attached hydrogens (tertiary/aromatic N) is 1. The molecule has 0 saturated carbocycles. The van der Waals surface area contributed by atoms with Crippen LogP contribution in [0.15, 0.2) is 12.1 Å². The van der Waals surface area contributed by atoms with Gasteiger partial charge < -0.3 is 15.0 Å². The van der Waals surface area contributed by atoms with E-state index in [0.29, 0.717) is 6.04 Å². The highest BCUT2D eigenvalue weighted by Crippen LogP contribution is 2.46. The Bertz CT molecular complexity index is 518. The van der Waals surface area contributed by atoms with Gasteiger partial charge >= 0.3 is 0 Å². The second-order valence-electron chi connectivity index (χ2n) is 6.83. The molecule has 0 radical (unpaired) electrons. The lowest BCUT2D eigenvalue weighted by Gasteiger charge is -2.47. The van der Waals surface area contributed by atoms with Crippen LogP contribution in [0.3, 0.4) is 0 Å². The average molecular weight is 288 g/mol. The third-order valence-electron chi connectivity index (χ3n) is 5.33. The lowest BCUT2D eigenvalue weighted by molar-refractivity contribution is -0.0206. The van der Waals surface area contributed by atoms with E-state index in [1.165, 1.54) is 16.7 Å². The summed E-state index contributed by atoms with van der Waals surface area (Å²) < 4.78 is 6.63. The van der Waals surface area contributed by atoms with Crippen LogP contribution in [0.2, 0.25) is 0 Å². The number of hydrogen-bond donors (Lipinski definition) is 1. The van der Waals surface area contributed by atoms with Gasteiger partial charge in [-0.1, -0.05) is 19.1 Å². The van der Waals surface area contributed by atoms with Crippen LogP contribution < -0.4 is 10.1 Å². The zero-order valence-electron chi connectivity index (χ0n) is 13.8. The maximum absolute atomic E-state index is 6.63. The van der Waals surface area contributed by atoms with E-state index in [0.717, 1.165) is 44.6 Å². The van der Waals surface area contributed by atoms with E-state index in [9.17, 15) is 0 Å². The lowest BCUT2D eigenvalue weighted by Crippen LogP contribution is -2.51. The van der Waals surface area contributed by atoms with Crippen LogP contribution in [-0.4, -0.2) is 37.2 Å². The summed E-state index contributed by atoms with van der Waals surface area (Å²) >= 11 is 0. The van der Waals surface area contributed by atoms with E-state index >= 15 is 0 Å². The third-order valence-corrected chi connectivity index (χ3v) is 5.33. The minimum Gasteiger partial charge on any atom is -0.486 e. The largest absolute Gasteiger partial charge is 0.486 e. The zero-order valence-corrected chi connectivity index (χ0v) is 13.8. The molecule has 3 nitrogen and oxygen atoms in total. The number of piperidine rings is 1. The standard InChI is InChI=1S/C18H28N2O/c1-5-19-16-12-18(8-10-20(4)11-9-18)21-17-14(3)13(2)6-7-15(16)17/h6-7,16,19H,5,8-12H2,1-4H3. The molecule has 1 aromatic rings. The van der Waals surface area contributed by atoms with Gasteiger partial charge in [0.15, 0.2) is 0 Å². The first-order valence-electron chi connectivity index (χ1n) is 8.26. The van der Waals surface area contributed by atoms with E-state index in [-0.39, 0.29) is 5.60 Å². The summed E-state index contributed by atoms with van der Waals surface area (Å²) in [4.78, 5) is 2.41. The summed E-state index contributed by atoms with van der Waals surface area (Å²) in [5, 5.41) is 3.68. The van der Waals surface area contributed by atoms with Gasteiger partial charge in [0.05, 0.1) is 0 Å². The fourth-order valence-corrected chi connectivity index (χ4v) is 3.72. The Morgan fingerprint density at radius 3 is 2.67 bits per heavy atom. The highest BCUT2D eigenvalue weighted by Gasteiger charge is 2.43. The SMILES string of the molecule is CCNC1CC2(CCN(C)CC2)Oc2c1ccc(C)c2C. The summed E-state index contributed by atoms with van der Waals surface area (Å²) in [6.45, 7) is 9.85. The van der Waals surface area contributed by atoms with Gasteiger partial charge in [0.25, 0.3) is 0 Å². The van der Waals surface area contributed by atoms with Crippen LogP contribution in [-0.2, 0) is 0 Å². The van der Waals surface area contributed by atoms with Crippen molar-refractivity contribution < 1.29 is 4.74 Å². The first-order valence-corrected chi connectivity index (χ1v) is 8.26. The number of likely N-dealkylation sites (tertiary alicyclic amines) is 1. The van der Waals surface area contributed by atoms with Gasteiger partial charge in [0.2, 0.25) is 0 Å². The van der Waals surface area contributed by atoms with Crippen molar-refractivity contribution in [3.05, 3.63) is 28.8 Å². The molecule has 3 rings (SSSR count). The summed E-state index contributed by atoms with van der Waals surface area (Å²) in [7, 11) is 2.21. The second kappa shape index (κ2) is 5.62. The number of nitrogens with one attached hydrogen (secondary N) is 1. The summed E-state index contributed by atoms with van der Waals surface area (Å²) in [6.07, 6.45) is 3.38. The molecule has 116 valence electrons. The van der Waals surface area contributed by atoms with Crippen LogP contribution in [0.1, 0.15) is 48.9 Å². The minimum absolute atomic E-state index is 0.0326. The summed E-state index contributed by atoms with van der Waals surface area (Å²) in [6, 6.07) is 4.92.